The number of benzene rings is 1. The van der Waals surface area contributed by atoms with Gasteiger partial charge in [0.25, 0.3) is 0 Å². The third-order valence-electron chi connectivity index (χ3n) is 4.39. The largest absolute Gasteiger partial charge is 0.494 e. The summed E-state index contributed by atoms with van der Waals surface area (Å²) in [6.07, 6.45) is 4.46. The van der Waals surface area contributed by atoms with Crippen LogP contribution in [0.2, 0.25) is 0 Å². The highest BCUT2D eigenvalue weighted by Crippen LogP contribution is 2.25. The van der Waals surface area contributed by atoms with E-state index in [2.05, 4.69) is 32.6 Å². The van der Waals surface area contributed by atoms with Crippen molar-refractivity contribution < 1.29 is 9.47 Å². The number of halogens is 1. The van der Waals surface area contributed by atoms with E-state index in [1.807, 2.05) is 54.2 Å². The van der Waals surface area contributed by atoms with Gasteiger partial charge in [-0.15, -0.1) is 24.0 Å². The van der Waals surface area contributed by atoms with Crippen LogP contribution in [0.4, 0.5) is 0 Å². The molecule has 0 saturated carbocycles. The topological polar surface area (TPSA) is 85.6 Å². The summed E-state index contributed by atoms with van der Waals surface area (Å²) in [6, 6.07) is 13.4. The summed E-state index contributed by atoms with van der Waals surface area (Å²) < 4.78 is 13.4. The molecule has 2 heterocycles. The van der Waals surface area contributed by atoms with Gasteiger partial charge in [-0.3, -0.25) is 9.67 Å². The maximum atomic E-state index is 5.99. The third kappa shape index (κ3) is 7.42. The van der Waals surface area contributed by atoms with Crippen LogP contribution in [-0.4, -0.2) is 34.4 Å². The summed E-state index contributed by atoms with van der Waals surface area (Å²) >= 11 is 0. The van der Waals surface area contributed by atoms with Crippen LogP contribution in [0.25, 0.3) is 0 Å². The van der Waals surface area contributed by atoms with Gasteiger partial charge in [-0.05, 0) is 42.8 Å². The number of aryl methyl sites for hydroxylation is 1. The van der Waals surface area contributed by atoms with Gasteiger partial charge in [0.15, 0.2) is 5.96 Å². The normalized spacial score (nSPS) is 10.9. The van der Waals surface area contributed by atoms with Crippen LogP contribution >= 0.6 is 24.0 Å². The highest BCUT2D eigenvalue weighted by Gasteiger charge is 2.08. The van der Waals surface area contributed by atoms with E-state index in [9.17, 15) is 0 Å². The number of pyridine rings is 1. The van der Waals surface area contributed by atoms with E-state index in [0.29, 0.717) is 37.3 Å². The molecule has 166 valence electrons. The van der Waals surface area contributed by atoms with Crippen LogP contribution in [-0.2, 0) is 20.1 Å². The van der Waals surface area contributed by atoms with Crippen LogP contribution in [0.5, 0.6) is 17.4 Å². The summed E-state index contributed by atoms with van der Waals surface area (Å²) in [5.74, 6) is 2.77. The van der Waals surface area contributed by atoms with Crippen LogP contribution < -0.4 is 20.1 Å². The molecule has 0 atom stereocenters. The Bertz CT molecular complexity index is 959. The summed E-state index contributed by atoms with van der Waals surface area (Å²) in [7, 11) is 3.65. The fourth-order valence-corrected chi connectivity index (χ4v) is 2.73. The molecule has 3 rings (SSSR count). The Morgan fingerprint density at radius 2 is 1.77 bits per heavy atom. The highest BCUT2D eigenvalue weighted by molar-refractivity contribution is 14.0. The lowest BCUT2D eigenvalue weighted by molar-refractivity contribution is 0.317. The second-order valence-electron chi connectivity index (χ2n) is 6.62. The van der Waals surface area contributed by atoms with Gasteiger partial charge >= 0.3 is 0 Å². The van der Waals surface area contributed by atoms with Gasteiger partial charge in [0, 0.05) is 38.6 Å². The van der Waals surface area contributed by atoms with Crippen LogP contribution in [0, 0.1) is 0 Å². The SMILES string of the molecule is CCCOc1ccc(Oc2ncccc2CNC(=NC)NCc2ccnn2C)cc1.I. The maximum Gasteiger partial charge on any atom is 0.224 e. The van der Waals surface area contributed by atoms with Crippen molar-refractivity contribution in [1.82, 2.24) is 25.4 Å². The number of hydrogen-bond acceptors (Lipinski definition) is 5. The van der Waals surface area contributed by atoms with Gasteiger partial charge in [-0.25, -0.2) is 4.98 Å². The lowest BCUT2D eigenvalue weighted by atomic mass is 10.2. The minimum atomic E-state index is 0. The standard InChI is InChI=1S/C22H28N6O2.HI/c1-4-14-29-19-7-9-20(10-8-19)30-21-17(6-5-12-24-21)15-25-22(23-2)26-16-18-11-13-27-28(18)3;/h5-13H,4,14-16H2,1-3H3,(H2,23,25,26);1H. The van der Waals surface area contributed by atoms with Gasteiger partial charge < -0.3 is 20.1 Å². The number of nitrogens with zero attached hydrogens (tertiary/aromatic N) is 4. The minimum absolute atomic E-state index is 0. The van der Waals surface area contributed by atoms with Crippen molar-refractivity contribution in [3.8, 4) is 17.4 Å². The minimum Gasteiger partial charge on any atom is -0.494 e. The summed E-state index contributed by atoms with van der Waals surface area (Å²) in [5, 5.41) is 10.7. The molecule has 0 amide bonds. The molecule has 0 spiro atoms. The molecule has 1 aromatic carbocycles. The number of guanidine groups is 1. The molecule has 0 bridgehead atoms. The zero-order valence-corrected chi connectivity index (χ0v) is 20.4. The average molecular weight is 536 g/mol. The summed E-state index contributed by atoms with van der Waals surface area (Å²) in [6.45, 7) is 3.92. The molecule has 0 fully saturated rings. The molecule has 3 aromatic rings. The molecular weight excluding hydrogens is 507 g/mol. The van der Waals surface area contributed by atoms with E-state index in [-0.39, 0.29) is 24.0 Å². The maximum absolute atomic E-state index is 5.99. The smallest absolute Gasteiger partial charge is 0.224 e. The molecule has 0 aliphatic rings. The molecule has 0 unspecified atom stereocenters. The quantitative estimate of drug-likeness (QED) is 0.245. The predicted octanol–water partition coefficient (Wildman–Crippen LogP) is 3.88. The lowest BCUT2D eigenvalue weighted by Gasteiger charge is -2.14. The second-order valence-corrected chi connectivity index (χ2v) is 6.62. The average Bonchev–Trinajstić information content (AvgIpc) is 3.19. The molecule has 2 aromatic heterocycles. The van der Waals surface area contributed by atoms with E-state index in [4.69, 9.17) is 9.47 Å². The number of hydrogen-bond donors (Lipinski definition) is 2. The van der Waals surface area contributed by atoms with E-state index in [0.717, 1.165) is 23.4 Å². The van der Waals surface area contributed by atoms with Crippen molar-refractivity contribution in [2.75, 3.05) is 13.7 Å². The van der Waals surface area contributed by atoms with E-state index >= 15 is 0 Å². The Labute approximate surface area is 200 Å². The molecular formula is C22H29IN6O2. The molecule has 9 heteroatoms. The van der Waals surface area contributed by atoms with Gasteiger partial charge in [-0.1, -0.05) is 13.0 Å². The Kier molecular flexibility index (Phi) is 10.1. The van der Waals surface area contributed by atoms with Gasteiger partial charge in [-0.2, -0.15) is 5.10 Å². The van der Waals surface area contributed by atoms with E-state index < -0.39 is 0 Å². The molecule has 0 aliphatic carbocycles. The summed E-state index contributed by atoms with van der Waals surface area (Å²) in [4.78, 5) is 8.65. The Balaban J connectivity index is 0.00000341. The number of rotatable bonds is 9. The first-order chi connectivity index (χ1) is 14.7. The fraction of sp³-hybridized carbons (Fsp3) is 0.318. The summed E-state index contributed by atoms with van der Waals surface area (Å²) in [5.41, 5.74) is 1.99. The van der Waals surface area contributed by atoms with Crippen LogP contribution in [0.15, 0.2) is 59.9 Å². The van der Waals surface area contributed by atoms with Crippen LogP contribution in [0.1, 0.15) is 24.6 Å². The zero-order chi connectivity index (χ0) is 21.2. The molecule has 0 saturated heterocycles. The van der Waals surface area contributed by atoms with Crippen molar-refractivity contribution in [3.63, 3.8) is 0 Å². The molecule has 0 radical (unpaired) electrons. The van der Waals surface area contributed by atoms with Crippen molar-refractivity contribution in [2.45, 2.75) is 26.4 Å². The second kappa shape index (κ2) is 12.8. The number of aliphatic imine (C=N–C) groups is 1. The molecule has 31 heavy (non-hydrogen) atoms. The van der Waals surface area contributed by atoms with Crippen molar-refractivity contribution in [1.29, 1.82) is 0 Å². The Hall–Kier alpha value is -2.82. The van der Waals surface area contributed by atoms with Gasteiger partial charge in [0.05, 0.1) is 18.8 Å². The zero-order valence-electron chi connectivity index (χ0n) is 18.0. The number of nitrogens with one attached hydrogen (secondary N) is 2. The van der Waals surface area contributed by atoms with Crippen molar-refractivity contribution in [3.05, 3.63) is 66.1 Å². The Morgan fingerprint density at radius 1 is 1.03 bits per heavy atom. The lowest BCUT2D eigenvalue weighted by Crippen LogP contribution is -2.36. The molecule has 2 N–H and O–H groups in total. The molecule has 8 nitrogen and oxygen atoms in total. The molecule has 0 aliphatic heterocycles. The Morgan fingerprint density at radius 3 is 2.45 bits per heavy atom. The van der Waals surface area contributed by atoms with Gasteiger partial charge in [0.2, 0.25) is 5.88 Å². The van der Waals surface area contributed by atoms with E-state index in [1.165, 1.54) is 0 Å². The van der Waals surface area contributed by atoms with Crippen molar-refractivity contribution >= 4 is 29.9 Å². The van der Waals surface area contributed by atoms with Crippen LogP contribution in [0.3, 0.4) is 0 Å². The first kappa shape index (κ1) is 24.4. The van der Waals surface area contributed by atoms with Crippen molar-refractivity contribution in [2.24, 2.45) is 12.0 Å². The third-order valence-corrected chi connectivity index (χ3v) is 4.39. The van der Waals surface area contributed by atoms with Gasteiger partial charge in [0.1, 0.15) is 11.5 Å². The first-order valence-electron chi connectivity index (χ1n) is 9.95. The number of aromatic nitrogens is 3. The highest BCUT2D eigenvalue weighted by atomic mass is 127. The fourth-order valence-electron chi connectivity index (χ4n) is 2.73. The van der Waals surface area contributed by atoms with E-state index in [1.54, 1.807) is 19.4 Å². The monoisotopic (exact) mass is 536 g/mol. The number of ether oxygens (including phenoxy) is 2. The predicted molar refractivity (Wildman–Crippen MR) is 132 cm³/mol. The first-order valence-corrected chi connectivity index (χ1v) is 9.95.